The molecule has 0 fully saturated rings. The summed E-state index contributed by atoms with van der Waals surface area (Å²) in [6, 6.07) is 0. The van der Waals surface area contributed by atoms with E-state index in [2.05, 4.69) is 20.8 Å². The Hall–Kier alpha value is 1.29. The van der Waals surface area contributed by atoms with Crippen LogP contribution in [0.1, 0.15) is 20.8 Å². The largest absolute Gasteiger partial charge is 1.00 e. The van der Waals surface area contributed by atoms with Gasteiger partial charge in [-0.15, -0.1) is 0 Å². The molecule has 0 saturated heterocycles. The van der Waals surface area contributed by atoms with Gasteiger partial charge in [0, 0.05) is 0 Å². The Kier molecular flexibility index (Phi) is 44.2. The molecule has 0 aliphatic rings. The molecule has 0 saturated carbocycles. The minimum absolute atomic E-state index is 0. The van der Waals surface area contributed by atoms with E-state index in [0.717, 1.165) is 10.9 Å². The second kappa shape index (κ2) is 22.8. The Balaban J connectivity index is -0.0000000569. The first-order chi connectivity index (χ1) is 4.76. The van der Waals surface area contributed by atoms with Crippen molar-refractivity contribution >= 4 is 18.6 Å². The average Bonchev–Trinajstić information content (AvgIpc) is 1.93. The molecule has 0 atom stereocenters. The van der Waals surface area contributed by atoms with Crippen molar-refractivity contribution in [2.75, 3.05) is 17.3 Å². The zero-order valence-electron chi connectivity index (χ0n) is 8.41. The molecule has 0 aromatic rings. The van der Waals surface area contributed by atoms with Crippen LogP contribution < -0.4 is 34.6 Å². The topological polar surface area (TPSA) is 73.3 Å². The Bertz CT molecular complexity index is 52.5. The minimum atomic E-state index is -0.250. The first-order valence-corrected chi connectivity index (χ1v) is 5.21. The standard InChI is InChI=1S/C6H15S.BHO2.Na.H2O/c1-4-7(5-2)6-3;2-1-3;;/h4-6H2,1-3H3;2H;;1H2/q+1;-1;+1;/p-1. The summed E-state index contributed by atoms with van der Waals surface area (Å²) < 4.78 is 0. The maximum absolute atomic E-state index is 8.36. The minimum Gasteiger partial charge on any atom is -0.870 e. The predicted molar refractivity (Wildman–Crippen MR) is 48.9 cm³/mol. The molecule has 12 heavy (non-hydrogen) atoms. The van der Waals surface area contributed by atoms with Gasteiger partial charge in [0.25, 0.3) is 0 Å². The quantitative estimate of drug-likeness (QED) is 0.380. The van der Waals surface area contributed by atoms with Crippen LogP contribution in [0.2, 0.25) is 0 Å². The summed E-state index contributed by atoms with van der Waals surface area (Å²) in [5.74, 6) is 4.15. The molecule has 0 unspecified atom stereocenters. The summed E-state index contributed by atoms with van der Waals surface area (Å²) in [5.41, 5.74) is 0. The van der Waals surface area contributed by atoms with Crippen LogP contribution in [0.3, 0.4) is 0 Å². The van der Waals surface area contributed by atoms with Crippen molar-refractivity contribution in [2.24, 2.45) is 0 Å². The zero-order chi connectivity index (χ0) is 8.41. The van der Waals surface area contributed by atoms with Crippen molar-refractivity contribution < 1.29 is 45.1 Å². The number of hydrogen-bond acceptors (Lipinski definition) is 3. The van der Waals surface area contributed by atoms with Crippen molar-refractivity contribution in [1.29, 1.82) is 0 Å². The summed E-state index contributed by atoms with van der Waals surface area (Å²) in [6.07, 6.45) is 0. The van der Waals surface area contributed by atoms with Crippen LogP contribution in [0.4, 0.5) is 0 Å². The zero-order valence-corrected chi connectivity index (χ0v) is 11.2. The second-order valence-electron chi connectivity index (χ2n) is 1.58. The maximum Gasteiger partial charge on any atom is 1.00 e. The monoisotopic (exact) mass is 203 g/mol. The van der Waals surface area contributed by atoms with Gasteiger partial charge >= 0.3 is 29.6 Å². The Labute approximate surface area is 101 Å². The van der Waals surface area contributed by atoms with Gasteiger partial charge < -0.3 is 15.5 Å². The third-order valence-electron chi connectivity index (χ3n) is 1.22. The van der Waals surface area contributed by atoms with Crippen molar-refractivity contribution in [3.63, 3.8) is 0 Å². The van der Waals surface area contributed by atoms with E-state index in [1.54, 1.807) is 0 Å². The van der Waals surface area contributed by atoms with Crippen LogP contribution in [0.5, 0.6) is 0 Å². The summed E-state index contributed by atoms with van der Waals surface area (Å²) in [6.45, 7) is 6.82. The fraction of sp³-hybridized carbons (Fsp3) is 1.00. The maximum atomic E-state index is 8.36. The van der Waals surface area contributed by atoms with Crippen LogP contribution in [0.25, 0.3) is 0 Å². The summed E-state index contributed by atoms with van der Waals surface area (Å²) in [5, 5.41) is 15.2. The van der Waals surface area contributed by atoms with Crippen molar-refractivity contribution in [3.05, 3.63) is 0 Å². The molecular formula is C6H17BNaO3S. The molecule has 0 bridgehead atoms. The molecule has 0 aliphatic carbocycles. The predicted octanol–water partition coefficient (Wildman–Crippen LogP) is -3.64. The van der Waals surface area contributed by atoms with Gasteiger partial charge in [0.05, 0.1) is 0 Å². The van der Waals surface area contributed by atoms with Gasteiger partial charge in [0.15, 0.2) is 7.69 Å². The molecule has 0 spiro atoms. The molecule has 0 rings (SSSR count). The summed E-state index contributed by atoms with van der Waals surface area (Å²) in [4.78, 5) is 0. The van der Waals surface area contributed by atoms with Gasteiger partial charge in [-0.05, 0) is 31.7 Å². The van der Waals surface area contributed by atoms with Crippen molar-refractivity contribution in [1.82, 2.24) is 0 Å². The second-order valence-corrected chi connectivity index (χ2v) is 4.54. The van der Waals surface area contributed by atoms with Crippen LogP contribution in [-0.2, 0) is 10.9 Å². The van der Waals surface area contributed by atoms with Crippen molar-refractivity contribution in [2.45, 2.75) is 20.8 Å². The van der Waals surface area contributed by atoms with E-state index in [9.17, 15) is 0 Å². The van der Waals surface area contributed by atoms with E-state index in [0.29, 0.717) is 0 Å². The third-order valence-corrected chi connectivity index (χ3v) is 3.67. The Morgan fingerprint density at radius 3 is 1.33 bits per heavy atom. The van der Waals surface area contributed by atoms with Gasteiger partial charge in [-0.2, -0.15) is 0 Å². The summed E-state index contributed by atoms with van der Waals surface area (Å²) in [7, 11) is 0.505. The number of rotatable bonds is 3. The fourth-order valence-electron chi connectivity index (χ4n) is 0.612. The fourth-order valence-corrected chi connectivity index (χ4v) is 1.84. The van der Waals surface area contributed by atoms with Crippen LogP contribution in [0, 0.1) is 0 Å². The van der Waals surface area contributed by atoms with Gasteiger partial charge in [-0.25, -0.2) is 0 Å². The molecule has 0 aliphatic heterocycles. The summed E-state index contributed by atoms with van der Waals surface area (Å²) >= 11 is 0. The van der Waals surface area contributed by atoms with E-state index in [-0.39, 0.29) is 42.7 Å². The van der Waals surface area contributed by atoms with E-state index in [1.165, 1.54) is 17.3 Å². The molecule has 2 N–H and O–H groups in total. The smallest absolute Gasteiger partial charge is 0.870 e. The van der Waals surface area contributed by atoms with Crippen molar-refractivity contribution in [3.8, 4) is 0 Å². The first kappa shape index (κ1) is 23.3. The van der Waals surface area contributed by atoms with Gasteiger partial charge in [-0.1, -0.05) is 0 Å². The average molecular weight is 203 g/mol. The van der Waals surface area contributed by atoms with E-state index in [1.807, 2.05) is 0 Å². The van der Waals surface area contributed by atoms with E-state index in [4.69, 9.17) is 10.0 Å². The SMILES string of the molecule is CC[S+](CC)CC.[Na+].[O-][B]O.[OH-]. The molecular weight excluding hydrogens is 186 g/mol. The van der Waals surface area contributed by atoms with Gasteiger partial charge in [0.1, 0.15) is 17.3 Å². The van der Waals surface area contributed by atoms with Crippen LogP contribution >= 0.6 is 0 Å². The van der Waals surface area contributed by atoms with E-state index >= 15 is 0 Å². The molecule has 3 nitrogen and oxygen atoms in total. The number of hydrogen-bond donors (Lipinski definition) is 1. The Morgan fingerprint density at radius 2 is 1.33 bits per heavy atom. The third kappa shape index (κ3) is 22.5. The normalized spacial score (nSPS) is 7.17. The molecule has 6 heteroatoms. The molecule has 69 valence electrons. The molecule has 0 amide bonds. The van der Waals surface area contributed by atoms with Crippen LogP contribution in [-0.4, -0.2) is 35.4 Å². The molecule has 1 radical (unpaired) electrons. The van der Waals surface area contributed by atoms with Gasteiger partial charge in [-0.3, -0.25) is 0 Å². The van der Waals surface area contributed by atoms with Crippen LogP contribution in [0.15, 0.2) is 0 Å². The Morgan fingerprint density at radius 1 is 1.17 bits per heavy atom. The molecule has 0 aromatic heterocycles. The van der Waals surface area contributed by atoms with E-state index < -0.39 is 0 Å². The van der Waals surface area contributed by atoms with Gasteiger partial charge in [0.2, 0.25) is 0 Å². The molecule has 0 heterocycles. The molecule has 0 aromatic carbocycles. The first-order valence-electron chi connectivity index (χ1n) is 3.48.